The molecule has 0 heterocycles. The Morgan fingerprint density at radius 2 is 1.35 bits per heavy atom. The predicted molar refractivity (Wildman–Crippen MR) is 109 cm³/mol. The van der Waals surface area contributed by atoms with Crippen LogP contribution >= 0.6 is 0 Å². The summed E-state index contributed by atoms with van der Waals surface area (Å²) in [4.78, 5) is 12.7. The summed E-state index contributed by atoms with van der Waals surface area (Å²) in [6.45, 7) is 6.49. The molecule has 0 amide bonds. The molecule has 0 aliphatic rings. The van der Waals surface area contributed by atoms with Gasteiger partial charge in [0.05, 0.1) is 11.4 Å². The number of hydrogen-bond acceptors (Lipinski definition) is 3. The molecule has 3 N–H and O–H groups in total. The Bertz CT molecular complexity index is 904. The molecule has 0 aromatic heterocycles. The molecule has 0 fully saturated rings. The van der Waals surface area contributed by atoms with E-state index in [1.165, 1.54) is 5.56 Å². The van der Waals surface area contributed by atoms with Gasteiger partial charge in [0.15, 0.2) is 5.78 Å². The number of benzene rings is 3. The van der Waals surface area contributed by atoms with Crippen molar-refractivity contribution in [2.45, 2.75) is 26.2 Å². The van der Waals surface area contributed by atoms with Crippen molar-refractivity contribution < 1.29 is 4.79 Å². The Morgan fingerprint density at radius 1 is 0.808 bits per heavy atom. The van der Waals surface area contributed by atoms with Crippen LogP contribution in [0, 0.1) is 0 Å². The van der Waals surface area contributed by atoms with Crippen LogP contribution in [0.25, 0.3) is 0 Å². The van der Waals surface area contributed by atoms with Gasteiger partial charge < -0.3 is 11.1 Å². The Labute approximate surface area is 154 Å². The molecule has 0 spiro atoms. The molecule has 0 unspecified atom stereocenters. The molecule has 3 nitrogen and oxygen atoms in total. The first kappa shape index (κ1) is 17.7. The van der Waals surface area contributed by atoms with Gasteiger partial charge in [0, 0.05) is 16.8 Å². The first-order valence-electron chi connectivity index (χ1n) is 8.71. The Hall–Kier alpha value is -3.07. The average molecular weight is 344 g/mol. The molecule has 132 valence electrons. The van der Waals surface area contributed by atoms with E-state index in [1.807, 2.05) is 72.8 Å². The van der Waals surface area contributed by atoms with E-state index in [0.717, 1.165) is 11.4 Å². The van der Waals surface area contributed by atoms with Crippen LogP contribution in [0.1, 0.15) is 42.3 Å². The second kappa shape index (κ2) is 7.04. The van der Waals surface area contributed by atoms with E-state index in [9.17, 15) is 4.79 Å². The molecule has 0 bridgehead atoms. The summed E-state index contributed by atoms with van der Waals surface area (Å²) in [6.07, 6.45) is 0. The number of hydrogen-bond donors (Lipinski definition) is 2. The maximum absolute atomic E-state index is 12.7. The number of rotatable bonds is 4. The van der Waals surface area contributed by atoms with Crippen LogP contribution in [0.15, 0.2) is 72.8 Å². The van der Waals surface area contributed by atoms with Crippen LogP contribution in [0.5, 0.6) is 0 Å². The maximum Gasteiger partial charge on any atom is 0.193 e. The number of anilines is 3. The number of nitrogen functional groups attached to an aromatic ring is 1. The highest BCUT2D eigenvalue weighted by Crippen LogP contribution is 2.25. The zero-order valence-corrected chi connectivity index (χ0v) is 15.4. The van der Waals surface area contributed by atoms with Gasteiger partial charge in [0.25, 0.3) is 0 Å². The van der Waals surface area contributed by atoms with Gasteiger partial charge in [-0.05, 0) is 47.4 Å². The van der Waals surface area contributed by atoms with E-state index in [-0.39, 0.29) is 11.2 Å². The molecule has 0 radical (unpaired) electrons. The van der Waals surface area contributed by atoms with E-state index in [0.29, 0.717) is 16.8 Å². The molecule has 0 aliphatic heterocycles. The van der Waals surface area contributed by atoms with Crippen LogP contribution in [-0.4, -0.2) is 5.78 Å². The number of nitrogens with two attached hydrogens (primary N) is 1. The number of carbonyl (C=O) groups excluding carboxylic acids is 1. The van der Waals surface area contributed by atoms with Crippen LogP contribution in [-0.2, 0) is 5.41 Å². The molecule has 3 rings (SSSR count). The first-order chi connectivity index (χ1) is 12.3. The van der Waals surface area contributed by atoms with E-state index in [4.69, 9.17) is 5.73 Å². The number of para-hydroxylation sites is 2. The fraction of sp³-hybridized carbons (Fsp3) is 0.174. The van der Waals surface area contributed by atoms with Gasteiger partial charge >= 0.3 is 0 Å². The number of carbonyl (C=O) groups is 1. The molecule has 3 aromatic rings. The fourth-order valence-electron chi connectivity index (χ4n) is 2.76. The van der Waals surface area contributed by atoms with Gasteiger partial charge in [0.2, 0.25) is 0 Å². The minimum absolute atomic E-state index is 0.0243. The van der Waals surface area contributed by atoms with Crippen LogP contribution < -0.4 is 11.1 Å². The average Bonchev–Trinajstić information content (AvgIpc) is 2.63. The van der Waals surface area contributed by atoms with Gasteiger partial charge in [-0.3, -0.25) is 4.79 Å². The molecular weight excluding hydrogens is 320 g/mol. The molecule has 0 atom stereocenters. The third-order valence-corrected chi connectivity index (χ3v) is 4.40. The van der Waals surface area contributed by atoms with Gasteiger partial charge in [-0.25, -0.2) is 0 Å². The highest BCUT2D eigenvalue weighted by atomic mass is 16.1. The normalized spacial score (nSPS) is 11.2. The van der Waals surface area contributed by atoms with Gasteiger partial charge in [-0.15, -0.1) is 0 Å². The van der Waals surface area contributed by atoms with E-state index < -0.39 is 0 Å². The van der Waals surface area contributed by atoms with Gasteiger partial charge in [-0.1, -0.05) is 57.2 Å². The van der Waals surface area contributed by atoms with Crippen molar-refractivity contribution >= 4 is 22.8 Å². The van der Waals surface area contributed by atoms with Gasteiger partial charge in [0.1, 0.15) is 0 Å². The minimum Gasteiger partial charge on any atom is -0.397 e. The van der Waals surface area contributed by atoms with Crippen molar-refractivity contribution in [3.05, 3.63) is 89.5 Å². The van der Waals surface area contributed by atoms with Crippen molar-refractivity contribution in [1.29, 1.82) is 0 Å². The second-order valence-electron chi connectivity index (χ2n) is 7.45. The van der Waals surface area contributed by atoms with Crippen LogP contribution in [0.3, 0.4) is 0 Å². The lowest BCUT2D eigenvalue weighted by Gasteiger charge is -2.19. The van der Waals surface area contributed by atoms with E-state index in [2.05, 4.69) is 26.1 Å². The Morgan fingerprint density at radius 3 is 1.88 bits per heavy atom. The summed E-state index contributed by atoms with van der Waals surface area (Å²) in [5.74, 6) is 0.0243. The highest BCUT2D eigenvalue weighted by Gasteiger charge is 2.15. The molecule has 3 heteroatoms. The Kier molecular flexibility index (Phi) is 4.81. The molecular formula is C23H24N2O. The monoisotopic (exact) mass is 344 g/mol. The van der Waals surface area contributed by atoms with Crippen LogP contribution in [0.4, 0.5) is 17.1 Å². The quantitative estimate of drug-likeness (QED) is 0.482. The summed E-state index contributed by atoms with van der Waals surface area (Å²) in [6, 6.07) is 22.9. The third-order valence-electron chi connectivity index (χ3n) is 4.40. The standard InChI is InChI=1S/C23H24N2O/c1-23(2,3)18-12-8-16(9-13-18)22(26)17-10-14-19(15-11-17)25-21-7-5-4-6-20(21)24/h4-15,25H,24H2,1-3H3. The lowest BCUT2D eigenvalue weighted by Crippen LogP contribution is -2.11. The second-order valence-corrected chi connectivity index (χ2v) is 7.45. The number of ketones is 1. The van der Waals surface area contributed by atoms with Crippen LogP contribution in [0.2, 0.25) is 0 Å². The van der Waals surface area contributed by atoms with E-state index >= 15 is 0 Å². The third kappa shape index (κ3) is 3.94. The largest absolute Gasteiger partial charge is 0.397 e. The molecule has 26 heavy (non-hydrogen) atoms. The summed E-state index contributed by atoms with van der Waals surface area (Å²) < 4.78 is 0. The molecule has 0 aliphatic carbocycles. The first-order valence-corrected chi connectivity index (χ1v) is 8.71. The SMILES string of the molecule is CC(C)(C)c1ccc(C(=O)c2ccc(Nc3ccccc3N)cc2)cc1. The van der Waals surface area contributed by atoms with Crippen molar-refractivity contribution in [2.75, 3.05) is 11.1 Å². The van der Waals surface area contributed by atoms with Crippen molar-refractivity contribution in [1.82, 2.24) is 0 Å². The summed E-state index contributed by atoms with van der Waals surface area (Å²) in [5.41, 5.74) is 11.0. The summed E-state index contributed by atoms with van der Waals surface area (Å²) >= 11 is 0. The zero-order valence-electron chi connectivity index (χ0n) is 15.4. The Balaban J connectivity index is 1.76. The smallest absolute Gasteiger partial charge is 0.193 e. The summed E-state index contributed by atoms with van der Waals surface area (Å²) in [7, 11) is 0. The van der Waals surface area contributed by atoms with Crippen molar-refractivity contribution in [3.8, 4) is 0 Å². The zero-order chi connectivity index (χ0) is 18.7. The van der Waals surface area contributed by atoms with Crippen molar-refractivity contribution in [3.63, 3.8) is 0 Å². The van der Waals surface area contributed by atoms with Crippen molar-refractivity contribution in [2.24, 2.45) is 0 Å². The number of nitrogens with one attached hydrogen (secondary N) is 1. The highest BCUT2D eigenvalue weighted by molar-refractivity contribution is 6.09. The maximum atomic E-state index is 12.7. The summed E-state index contributed by atoms with van der Waals surface area (Å²) in [5, 5.41) is 3.27. The minimum atomic E-state index is 0.0243. The molecule has 3 aromatic carbocycles. The lowest BCUT2D eigenvalue weighted by atomic mass is 9.86. The predicted octanol–water partition coefficient (Wildman–Crippen LogP) is 5.54. The van der Waals surface area contributed by atoms with E-state index in [1.54, 1.807) is 0 Å². The topological polar surface area (TPSA) is 55.1 Å². The fourth-order valence-corrected chi connectivity index (χ4v) is 2.76. The van der Waals surface area contributed by atoms with Gasteiger partial charge in [-0.2, -0.15) is 0 Å². The lowest BCUT2D eigenvalue weighted by molar-refractivity contribution is 0.103. The molecule has 0 saturated heterocycles. The molecule has 0 saturated carbocycles.